The number of rotatable bonds is 6. The van der Waals surface area contributed by atoms with Gasteiger partial charge in [-0.2, -0.15) is 0 Å². The molecule has 0 radical (unpaired) electrons. The second-order valence-electron chi connectivity index (χ2n) is 8.11. The molecule has 7 nitrogen and oxygen atoms in total. The van der Waals surface area contributed by atoms with Gasteiger partial charge in [-0.3, -0.25) is 9.59 Å². The Hall–Kier alpha value is -2.83. The minimum atomic E-state index is -0.547. The largest absolute Gasteiger partial charge is 0.469 e. The lowest BCUT2D eigenvalue weighted by atomic mass is 9.97. The lowest BCUT2D eigenvalue weighted by molar-refractivity contribution is -0.151. The third kappa shape index (κ3) is 6.84. The molecule has 168 valence electrons. The summed E-state index contributed by atoms with van der Waals surface area (Å²) in [5.41, 5.74) is 2.12. The fraction of sp³-hybridized carbons (Fsp3) is 0.542. The summed E-state index contributed by atoms with van der Waals surface area (Å²) in [6.07, 6.45) is 9.24. The number of methoxy groups -OCH3 is 1. The minimum absolute atomic E-state index is 0.162. The van der Waals surface area contributed by atoms with E-state index < -0.39 is 5.97 Å². The normalized spacial score (nSPS) is 18.0. The molecule has 2 aliphatic rings. The van der Waals surface area contributed by atoms with Crippen molar-refractivity contribution in [3.63, 3.8) is 0 Å². The molecule has 3 rings (SSSR count). The fourth-order valence-corrected chi connectivity index (χ4v) is 4.09. The Morgan fingerprint density at radius 3 is 2.23 bits per heavy atom. The van der Waals surface area contributed by atoms with Crippen molar-refractivity contribution in [2.24, 2.45) is 5.92 Å². The molecule has 1 aromatic rings. The maximum atomic E-state index is 12.2. The first-order valence-corrected chi connectivity index (χ1v) is 11.1. The van der Waals surface area contributed by atoms with Gasteiger partial charge in [0, 0.05) is 37.9 Å². The summed E-state index contributed by atoms with van der Waals surface area (Å²) in [5, 5.41) is 0. The Kier molecular flexibility index (Phi) is 8.50. The van der Waals surface area contributed by atoms with Crippen LogP contribution in [0, 0.1) is 5.92 Å². The van der Waals surface area contributed by atoms with E-state index in [0.29, 0.717) is 25.9 Å². The lowest BCUT2D eigenvalue weighted by Gasteiger charge is -2.30. The summed E-state index contributed by atoms with van der Waals surface area (Å²) in [7, 11) is 1.37. The van der Waals surface area contributed by atoms with Gasteiger partial charge in [0.15, 0.2) is 6.61 Å². The Bertz CT molecular complexity index is 774. The van der Waals surface area contributed by atoms with Gasteiger partial charge in [-0.05, 0) is 49.5 Å². The average molecular weight is 429 g/mol. The van der Waals surface area contributed by atoms with E-state index in [4.69, 9.17) is 9.47 Å². The second-order valence-corrected chi connectivity index (χ2v) is 8.11. The molecule has 1 amide bonds. The molecule has 31 heavy (non-hydrogen) atoms. The number of piperidine rings is 1. The average Bonchev–Trinajstić information content (AvgIpc) is 3.11. The van der Waals surface area contributed by atoms with E-state index in [-0.39, 0.29) is 24.4 Å². The molecular formula is C24H32N2O5. The van der Waals surface area contributed by atoms with Crippen molar-refractivity contribution in [3.05, 3.63) is 35.9 Å². The van der Waals surface area contributed by atoms with Crippen LogP contribution in [0.2, 0.25) is 0 Å². The zero-order valence-electron chi connectivity index (χ0n) is 18.3. The highest BCUT2D eigenvalue weighted by Crippen LogP contribution is 2.21. The van der Waals surface area contributed by atoms with E-state index in [1.54, 1.807) is 11.0 Å². The van der Waals surface area contributed by atoms with Crippen molar-refractivity contribution in [2.45, 2.75) is 38.5 Å². The van der Waals surface area contributed by atoms with Crippen LogP contribution in [0.25, 0.3) is 6.08 Å². The molecule has 0 atom stereocenters. The molecule has 0 bridgehead atoms. The number of nitrogens with zero attached hydrogens (tertiary/aromatic N) is 2. The number of amides is 1. The van der Waals surface area contributed by atoms with Crippen molar-refractivity contribution >= 4 is 29.6 Å². The molecule has 0 unspecified atom stereocenters. The van der Waals surface area contributed by atoms with Gasteiger partial charge in [0.1, 0.15) is 0 Å². The van der Waals surface area contributed by atoms with Gasteiger partial charge in [0.05, 0.1) is 13.0 Å². The second kappa shape index (κ2) is 11.5. The first-order chi connectivity index (χ1) is 15.1. The molecule has 2 fully saturated rings. The molecule has 2 aliphatic heterocycles. The molecule has 0 spiro atoms. The number of carbonyl (C=O) groups is 3. The predicted octanol–water partition coefficient (Wildman–Crippen LogP) is 3.04. The van der Waals surface area contributed by atoms with Crippen LogP contribution in [-0.2, 0) is 23.9 Å². The van der Waals surface area contributed by atoms with Gasteiger partial charge in [-0.15, -0.1) is 0 Å². The lowest BCUT2D eigenvalue weighted by Crippen LogP contribution is -2.42. The summed E-state index contributed by atoms with van der Waals surface area (Å²) >= 11 is 0. The SMILES string of the molecule is COC(=O)C1CCN(C(=O)COC(=O)/C=C/c2ccc(N3CCCCCC3)cc2)CC1. The van der Waals surface area contributed by atoms with E-state index in [9.17, 15) is 14.4 Å². The number of likely N-dealkylation sites (tertiary alicyclic amines) is 1. The predicted molar refractivity (Wildman–Crippen MR) is 118 cm³/mol. The molecule has 0 aromatic heterocycles. The van der Waals surface area contributed by atoms with Gasteiger partial charge in [-0.25, -0.2) is 4.79 Å². The van der Waals surface area contributed by atoms with Crippen molar-refractivity contribution in [1.82, 2.24) is 4.90 Å². The molecule has 1 aromatic carbocycles. The highest BCUT2D eigenvalue weighted by Gasteiger charge is 2.28. The number of hydrogen-bond acceptors (Lipinski definition) is 6. The zero-order chi connectivity index (χ0) is 22.1. The van der Waals surface area contributed by atoms with Crippen LogP contribution in [0.5, 0.6) is 0 Å². The molecular weight excluding hydrogens is 396 g/mol. The number of ether oxygens (including phenoxy) is 2. The molecule has 0 saturated carbocycles. The van der Waals surface area contributed by atoms with E-state index in [0.717, 1.165) is 18.7 Å². The van der Waals surface area contributed by atoms with Crippen molar-refractivity contribution in [2.75, 3.05) is 44.8 Å². The number of hydrogen-bond donors (Lipinski definition) is 0. The van der Waals surface area contributed by atoms with E-state index >= 15 is 0 Å². The van der Waals surface area contributed by atoms with Crippen molar-refractivity contribution in [3.8, 4) is 0 Å². The van der Waals surface area contributed by atoms with E-state index in [1.807, 2.05) is 12.1 Å². The number of benzene rings is 1. The monoisotopic (exact) mass is 428 g/mol. The van der Waals surface area contributed by atoms with E-state index in [2.05, 4.69) is 17.0 Å². The minimum Gasteiger partial charge on any atom is -0.469 e. The first-order valence-electron chi connectivity index (χ1n) is 11.1. The van der Waals surface area contributed by atoms with Gasteiger partial charge in [0.2, 0.25) is 0 Å². The van der Waals surface area contributed by atoms with Gasteiger partial charge in [-0.1, -0.05) is 25.0 Å². The number of carbonyl (C=O) groups excluding carboxylic acids is 3. The van der Waals surface area contributed by atoms with Crippen LogP contribution in [0.15, 0.2) is 30.3 Å². The highest BCUT2D eigenvalue weighted by molar-refractivity contribution is 5.89. The molecule has 2 heterocycles. The molecule has 7 heteroatoms. The van der Waals surface area contributed by atoms with Crippen molar-refractivity contribution < 1.29 is 23.9 Å². The Labute approximate surface area is 184 Å². The molecule has 0 N–H and O–H groups in total. The van der Waals surface area contributed by atoms with Gasteiger partial charge in [0.25, 0.3) is 5.91 Å². The standard InChI is InChI=1S/C24H32N2O5/c1-30-24(29)20-12-16-26(17-13-20)22(27)18-31-23(28)11-8-19-6-9-21(10-7-19)25-14-4-2-3-5-15-25/h6-11,20H,2-5,12-18H2,1H3/b11-8+. The highest BCUT2D eigenvalue weighted by atomic mass is 16.5. The van der Waals surface area contributed by atoms with Crippen LogP contribution >= 0.6 is 0 Å². The first kappa shape index (κ1) is 22.8. The maximum absolute atomic E-state index is 12.2. The number of anilines is 1. The van der Waals surface area contributed by atoms with Crippen LogP contribution in [0.1, 0.15) is 44.1 Å². The van der Waals surface area contributed by atoms with Crippen LogP contribution in [-0.4, -0.2) is 62.6 Å². The Morgan fingerprint density at radius 1 is 0.968 bits per heavy atom. The van der Waals surface area contributed by atoms with Crippen LogP contribution in [0.4, 0.5) is 5.69 Å². The van der Waals surface area contributed by atoms with Gasteiger partial charge < -0.3 is 19.3 Å². The third-order valence-corrected chi connectivity index (χ3v) is 6.00. The third-order valence-electron chi connectivity index (χ3n) is 6.00. The summed E-state index contributed by atoms with van der Waals surface area (Å²) < 4.78 is 9.84. The maximum Gasteiger partial charge on any atom is 0.331 e. The van der Waals surface area contributed by atoms with Crippen LogP contribution in [0.3, 0.4) is 0 Å². The van der Waals surface area contributed by atoms with E-state index in [1.165, 1.54) is 44.6 Å². The zero-order valence-corrected chi connectivity index (χ0v) is 18.3. The topological polar surface area (TPSA) is 76.1 Å². The number of esters is 2. The Balaban J connectivity index is 1.41. The van der Waals surface area contributed by atoms with Crippen LogP contribution < -0.4 is 4.90 Å². The summed E-state index contributed by atoms with van der Waals surface area (Å²) in [4.78, 5) is 39.8. The fourth-order valence-electron chi connectivity index (χ4n) is 4.09. The summed E-state index contributed by atoms with van der Waals surface area (Å²) in [5.74, 6) is -1.19. The van der Waals surface area contributed by atoms with Crippen molar-refractivity contribution in [1.29, 1.82) is 0 Å². The Morgan fingerprint density at radius 2 is 1.61 bits per heavy atom. The summed E-state index contributed by atoms with van der Waals surface area (Å²) in [6.45, 7) is 2.83. The quantitative estimate of drug-likeness (QED) is 0.512. The molecule has 2 saturated heterocycles. The smallest absolute Gasteiger partial charge is 0.331 e. The van der Waals surface area contributed by atoms with Gasteiger partial charge >= 0.3 is 11.9 Å². The molecule has 0 aliphatic carbocycles. The summed E-state index contributed by atoms with van der Waals surface area (Å²) in [6, 6.07) is 8.14.